The van der Waals surface area contributed by atoms with Gasteiger partial charge in [0.2, 0.25) is 0 Å². The largest absolute Gasteiger partial charge is 0.412 e. The van der Waals surface area contributed by atoms with Crippen molar-refractivity contribution < 1.29 is 22.3 Å². The zero-order chi connectivity index (χ0) is 21.5. The molecular formula is C20H23F4N5O. The quantitative estimate of drug-likeness (QED) is 0.760. The van der Waals surface area contributed by atoms with Gasteiger partial charge in [0.15, 0.2) is 11.5 Å². The molecular weight excluding hydrogens is 402 g/mol. The van der Waals surface area contributed by atoms with E-state index in [2.05, 4.69) is 10.1 Å². The number of morpholine rings is 1. The predicted molar refractivity (Wildman–Crippen MR) is 105 cm³/mol. The minimum atomic E-state index is -4.41. The average Bonchev–Trinajstić information content (AvgIpc) is 3.07. The number of rotatable bonds is 4. The highest BCUT2D eigenvalue weighted by molar-refractivity contribution is 5.69. The first-order valence-electron chi connectivity index (χ1n) is 9.81. The van der Waals surface area contributed by atoms with E-state index in [1.807, 2.05) is 4.90 Å². The summed E-state index contributed by atoms with van der Waals surface area (Å²) >= 11 is 0. The monoisotopic (exact) mass is 425 g/mol. The lowest BCUT2D eigenvalue weighted by Gasteiger charge is -2.29. The molecule has 10 heteroatoms. The molecule has 3 heterocycles. The van der Waals surface area contributed by atoms with Gasteiger partial charge in [0.25, 0.3) is 0 Å². The third-order valence-corrected chi connectivity index (χ3v) is 5.76. The molecule has 162 valence electrons. The van der Waals surface area contributed by atoms with Gasteiger partial charge in [-0.2, -0.15) is 13.2 Å². The number of aromatic nitrogens is 3. The van der Waals surface area contributed by atoms with Crippen LogP contribution in [-0.4, -0.2) is 47.1 Å². The Balaban J connectivity index is 1.72. The maximum atomic E-state index is 13.7. The summed E-state index contributed by atoms with van der Waals surface area (Å²) in [5.74, 6) is -0.629. The number of nitrogens with zero attached hydrogens (tertiary/aromatic N) is 4. The molecule has 2 aromatic heterocycles. The zero-order valence-electron chi connectivity index (χ0n) is 16.5. The van der Waals surface area contributed by atoms with E-state index in [9.17, 15) is 17.6 Å². The SMILES string of the molecule is CC1C(C(F)(F)F)=CC=CC1Cc1c(CF)nc2c(N)cc(N3CCOCC3)nn12. The van der Waals surface area contributed by atoms with Crippen LogP contribution in [0, 0.1) is 11.8 Å². The molecule has 0 spiro atoms. The number of allylic oxidation sites excluding steroid dienone is 4. The van der Waals surface area contributed by atoms with Crippen molar-refractivity contribution in [2.75, 3.05) is 36.9 Å². The van der Waals surface area contributed by atoms with Gasteiger partial charge in [-0.3, -0.25) is 0 Å². The fraction of sp³-hybridized carbons (Fsp3) is 0.500. The van der Waals surface area contributed by atoms with Gasteiger partial charge in [-0.25, -0.2) is 13.9 Å². The summed E-state index contributed by atoms with van der Waals surface area (Å²) < 4.78 is 60.6. The number of fused-ring (bicyclic) bond motifs is 1. The molecule has 2 unspecified atom stereocenters. The summed E-state index contributed by atoms with van der Waals surface area (Å²) in [5.41, 5.74) is 6.82. The van der Waals surface area contributed by atoms with Crippen molar-refractivity contribution in [3.63, 3.8) is 0 Å². The van der Waals surface area contributed by atoms with E-state index in [-0.39, 0.29) is 12.1 Å². The second-order valence-corrected chi connectivity index (χ2v) is 7.59. The minimum Gasteiger partial charge on any atom is -0.396 e. The van der Waals surface area contributed by atoms with Crippen molar-refractivity contribution in [1.82, 2.24) is 14.6 Å². The van der Waals surface area contributed by atoms with Crippen LogP contribution >= 0.6 is 0 Å². The highest BCUT2D eigenvalue weighted by atomic mass is 19.4. The van der Waals surface area contributed by atoms with Crippen LogP contribution in [0.3, 0.4) is 0 Å². The lowest BCUT2D eigenvalue weighted by Crippen LogP contribution is -2.37. The van der Waals surface area contributed by atoms with Gasteiger partial charge < -0.3 is 15.4 Å². The molecule has 1 aliphatic carbocycles. The van der Waals surface area contributed by atoms with E-state index in [0.29, 0.717) is 49.1 Å². The second-order valence-electron chi connectivity index (χ2n) is 7.59. The van der Waals surface area contributed by atoms with Gasteiger partial charge in [0, 0.05) is 24.7 Å². The van der Waals surface area contributed by atoms with Gasteiger partial charge in [0.05, 0.1) is 30.3 Å². The van der Waals surface area contributed by atoms with Crippen LogP contribution in [0.15, 0.2) is 29.9 Å². The molecule has 6 nitrogen and oxygen atoms in total. The Hall–Kier alpha value is -2.62. The van der Waals surface area contributed by atoms with Crippen LogP contribution in [0.4, 0.5) is 29.1 Å². The fourth-order valence-corrected chi connectivity index (χ4v) is 4.05. The van der Waals surface area contributed by atoms with Gasteiger partial charge in [-0.05, 0) is 18.3 Å². The lowest BCUT2D eigenvalue weighted by atomic mass is 9.80. The molecule has 2 aromatic rings. The van der Waals surface area contributed by atoms with E-state index in [4.69, 9.17) is 10.5 Å². The summed E-state index contributed by atoms with van der Waals surface area (Å²) in [6.07, 6.45) is -0.0106. The maximum Gasteiger partial charge on any atom is 0.412 e. The highest BCUT2D eigenvalue weighted by Gasteiger charge is 2.40. The first-order valence-corrected chi connectivity index (χ1v) is 9.81. The van der Waals surface area contributed by atoms with E-state index in [0.717, 1.165) is 6.08 Å². The van der Waals surface area contributed by atoms with Crippen LogP contribution in [-0.2, 0) is 17.8 Å². The summed E-state index contributed by atoms with van der Waals surface area (Å²) in [6, 6.07) is 1.69. The predicted octanol–water partition coefficient (Wildman–Crippen LogP) is 3.47. The van der Waals surface area contributed by atoms with Crippen LogP contribution < -0.4 is 10.6 Å². The Morgan fingerprint density at radius 3 is 2.67 bits per heavy atom. The van der Waals surface area contributed by atoms with Gasteiger partial charge in [0.1, 0.15) is 6.67 Å². The number of nitrogens with two attached hydrogens (primary N) is 1. The summed E-state index contributed by atoms with van der Waals surface area (Å²) in [5, 5.41) is 4.60. The number of nitrogen functional groups attached to an aromatic ring is 1. The van der Waals surface area contributed by atoms with E-state index in [1.165, 1.54) is 17.5 Å². The Bertz CT molecular complexity index is 991. The summed E-state index contributed by atoms with van der Waals surface area (Å²) in [7, 11) is 0. The number of imidazole rings is 1. The minimum absolute atomic E-state index is 0.150. The number of halogens is 4. The van der Waals surface area contributed by atoms with Crippen molar-refractivity contribution in [3.05, 3.63) is 41.3 Å². The Labute approximate surface area is 171 Å². The molecule has 1 saturated heterocycles. The van der Waals surface area contributed by atoms with Crippen LogP contribution in [0.25, 0.3) is 5.65 Å². The molecule has 4 rings (SSSR count). The van der Waals surface area contributed by atoms with Crippen LogP contribution in [0.5, 0.6) is 0 Å². The summed E-state index contributed by atoms with van der Waals surface area (Å²) in [6.45, 7) is 3.08. The molecule has 0 saturated carbocycles. The molecule has 1 fully saturated rings. The zero-order valence-corrected chi connectivity index (χ0v) is 16.5. The number of hydrogen-bond donors (Lipinski definition) is 1. The Morgan fingerprint density at radius 2 is 2.00 bits per heavy atom. The van der Waals surface area contributed by atoms with E-state index >= 15 is 0 Å². The van der Waals surface area contributed by atoms with Gasteiger partial charge in [-0.15, -0.1) is 5.10 Å². The standard InChI is InChI=1S/C20H23F4N5O/c1-12-13(3-2-4-14(12)20(22,23)24)9-17-16(11-21)26-19-15(25)10-18(27-29(17)19)28-5-7-30-8-6-28/h2-4,10,12-13H,5-9,11,25H2,1H3. The average molecular weight is 425 g/mol. The highest BCUT2D eigenvalue weighted by Crippen LogP contribution is 2.39. The molecule has 0 amide bonds. The smallest absolute Gasteiger partial charge is 0.396 e. The normalized spacial score (nSPS) is 22.6. The number of alkyl halides is 4. The van der Waals surface area contributed by atoms with Crippen LogP contribution in [0.1, 0.15) is 18.3 Å². The van der Waals surface area contributed by atoms with Crippen molar-refractivity contribution in [1.29, 1.82) is 0 Å². The van der Waals surface area contributed by atoms with Gasteiger partial charge in [-0.1, -0.05) is 25.2 Å². The molecule has 2 N–H and O–H groups in total. The summed E-state index contributed by atoms with van der Waals surface area (Å²) in [4.78, 5) is 6.28. The Kier molecular flexibility index (Phi) is 5.44. The molecule has 0 aromatic carbocycles. The molecule has 30 heavy (non-hydrogen) atoms. The third-order valence-electron chi connectivity index (χ3n) is 5.76. The lowest BCUT2D eigenvalue weighted by molar-refractivity contribution is -0.100. The number of hydrogen-bond acceptors (Lipinski definition) is 5. The molecule has 1 aliphatic heterocycles. The van der Waals surface area contributed by atoms with Crippen LogP contribution in [0.2, 0.25) is 0 Å². The van der Waals surface area contributed by atoms with Crippen molar-refractivity contribution in [2.24, 2.45) is 11.8 Å². The molecule has 0 bridgehead atoms. The van der Waals surface area contributed by atoms with E-state index in [1.54, 1.807) is 12.1 Å². The Morgan fingerprint density at radius 1 is 1.27 bits per heavy atom. The maximum absolute atomic E-state index is 13.7. The topological polar surface area (TPSA) is 68.7 Å². The fourth-order valence-electron chi connectivity index (χ4n) is 4.05. The van der Waals surface area contributed by atoms with Crippen molar-refractivity contribution in [2.45, 2.75) is 26.2 Å². The van der Waals surface area contributed by atoms with Gasteiger partial charge >= 0.3 is 6.18 Å². The number of ether oxygens (including phenoxy) is 1. The second kappa shape index (κ2) is 7.90. The van der Waals surface area contributed by atoms with Crippen molar-refractivity contribution in [3.8, 4) is 0 Å². The molecule has 2 aliphatic rings. The molecule has 2 atom stereocenters. The van der Waals surface area contributed by atoms with E-state index < -0.39 is 30.3 Å². The third kappa shape index (κ3) is 3.76. The van der Waals surface area contributed by atoms with Crippen molar-refractivity contribution >= 4 is 17.2 Å². The molecule has 0 radical (unpaired) electrons. The first-order chi connectivity index (χ1) is 14.3. The first kappa shape index (κ1) is 20.6. The number of anilines is 2.